The van der Waals surface area contributed by atoms with Crippen LogP contribution in [0.25, 0.3) is 11.0 Å². The molecule has 1 heterocycles. The number of rotatable bonds is 5. The molecule has 0 atom stereocenters. The van der Waals surface area contributed by atoms with Gasteiger partial charge in [0.2, 0.25) is 0 Å². The van der Waals surface area contributed by atoms with E-state index >= 15 is 0 Å². The van der Waals surface area contributed by atoms with Crippen molar-refractivity contribution in [3.8, 4) is 0 Å². The molecule has 0 saturated heterocycles. The number of nitrogens with two attached hydrogens (primary N) is 1. The van der Waals surface area contributed by atoms with E-state index in [1.165, 1.54) is 17.3 Å². The average Bonchev–Trinajstić information content (AvgIpc) is 2.42. The molecular formula is C14H17N3OS. The summed E-state index contributed by atoms with van der Waals surface area (Å²) in [6, 6.07) is 6.10. The highest BCUT2D eigenvalue weighted by Crippen LogP contribution is 2.16. The second kappa shape index (κ2) is 6.63. The van der Waals surface area contributed by atoms with Crippen molar-refractivity contribution in [2.24, 2.45) is 5.73 Å². The zero-order chi connectivity index (χ0) is 13.7. The fraction of sp³-hybridized carbons (Fsp3) is 0.357. The number of hydrogen-bond acceptors (Lipinski definition) is 5. The summed E-state index contributed by atoms with van der Waals surface area (Å²) in [5, 5.41) is 0.0959. The van der Waals surface area contributed by atoms with Gasteiger partial charge in [-0.15, -0.1) is 0 Å². The monoisotopic (exact) mass is 275 g/mol. The molecule has 0 amide bonds. The van der Waals surface area contributed by atoms with Gasteiger partial charge in [0.1, 0.15) is 0 Å². The Balaban J connectivity index is 2.21. The van der Waals surface area contributed by atoms with Gasteiger partial charge < -0.3 is 5.73 Å². The van der Waals surface area contributed by atoms with Gasteiger partial charge in [-0.2, -0.15) is 0 Å². The van der Waals surface area contributed by atoms with Gasteiger partial charge >= 0.3 is 0 Å². The Morgan fingerprint density at radius 3 is 2.95 bits per heavy atom. The molecule has 0 spiro atoms. The van der Waals surface area contributed by atoms with E-state index in [1.54, 1.807) is 13.1 Å². The van der Waals surface area contributed by atoms with Crippen LogP contribution in [-0.4, -0.2) is 21.6 Å². The lowest BCUT2D eigenvalue weighted by Crippen LogP contribution is -2.00. The van der Waals surface area contributed by atoms with Gasteiger partial charge in [-0.25, -0.2) is 4.98 Å². The van der Waals surface area contributed by atoms with Gasteiger partial charge in [-0.3, -0.25) is 9.78 Å². The number of fused-ring (bicyclic) bond motifs is 1. The molecule has 2 rings (SSSR count). The topological polar surface area (TPSA) is 68.9 Å². The highest BCUT2D eigenvalue weighted by atomic mass is 32.2. The summed E-state index contributed by atoms with van der Waals surface area (Å²) >= 11 is 1.25. The third-order valence-electron chi connectivity index (χ3n) is 2.75. The molecule has 0 saturated carbocycles. The van der Waals surface area contributed by atoms with Crippen molar-refractivity contribution in [2.75, 3.05) is 6.54 Å². The number of hydrogen-bond donors (Lipinski definition) is 1. The van der Waals surface area contributed by atoms with Crippen molar-refractivity contribution in [2.45, 2.75) is 25.5 Å². The second-order valence-corrected chi connectivity index (χ2v) is 5.51. The lowest BCUT2D eigenvalue weighted by Gasteiger charge is -2.04. The molecule has 2 N–H and O–H groups in total. The van der Waals surface area contributed by atoms with Crippen LogP contribution in [0.3, 0.4) is 0 Å². The summed E-state index contributed by atoms with van der Waals surface area (Å²) < 4.78 is 0. The number of carbonyl (C=O) groups excluding carboxylic acids is 1. The minimum absolute atomic E-state index is 0.0959. The Labute approximate surface area is 116 Å². The molecule has 4 nitrogen and oxygen atoms in total. The maximum Gasteiger partial charge on any atom is 0.186 e. The number of aromatic nitrogens is 2. The molecule has 1 aromatic heterocycles. The molecule has 2 aromatic rings. The summed E-state index contributed by atoms with van der Waals surface area (Å²) in [5.74, 6) is 0.575. The molecule has 19 heavy (non-hydrogen) atoms. The summed E-state index contributed by atoms with van der Waals surface area (Å²) in [6.07, 6.45) is 3.66. The molecule has 0 radical (unpaired) electrons. The van der Waals surface area contributed by atoms with Gasteiger partial charge in [0.05, 0.1) is 16.7 Å². The first-order valence-corrected chi connectivity index (χ1v) is 7.25. The van der Waals surface area contributed by atoms with E-state index in [-0.39, 0.29) is 5.12 Å². The van der Waals surface area contributed by atoms with Gasteiger partial charge in [-0.05, 0) is 37.1 Å². The minimum atomic E-state index is 0.0959. The predicted molar refractivity (Wildman–Crippen MR) is 78.9 cm³/mol. The molecule has 100 valence electrons. The number of nitrogens with zero attached hydrogens (tertiary/aromatic N) is 2. The number of aryl methyl sites for hydroxylation is 1. The van der Waals surface area contributed by atoms with Crippen LogP contribution in [0.15, 0.2) is 24.4 Å². The Morgan fingerprint density at radius 1 is 1.37 bits per heavy atom. The van der Waals surface area contributed by atoms with Crippen LogP contribution in [-0.2, 0) is 17.0 Å². The second-order valence-electron chi connectivity index (χ2n) is 4.36. The molecule has 0 fully saturated rings. The molecule has 0 aliphatic carbocycles. The average molecular weight is 275 g/mol. The largest absolute Gasteiger partial charge is 0.330 e. The SMILES string of the molecule is CC(=O)SCc1cnc2ccc(CCCN)cc2n1. The van der Waals surface area contributed by atoms with E-state index in [2.05, 4.69) is 22.1 Å². The predicted octanol–water partition coefficient (Wildman–Crippen LogP) is 2.30. The Hall–Kier alpha value is -1.46. The van der Waals surface area contributed by atoms with Crippen LogP contribution in [0.4, 0.5) is 0 Å². The zero-order valence-electron chi connectivity index (χ0n) is 10.9. The lowest BCUT2D eigenvalue weighted by molar-refractivity contribution is -0.109. The molecule has 0 unspecified atom stereocenters. The zero-order valence-corrected chi connectivity index (χ0v) is 11.7. The van der Waals surface area contributed by atoms with Crippen LogP contribution >= 0.6 is 11.8 Å². The van der Waals surface area contributed by atoms with Crippen LogP contribution < -0.4 is 5.73 Å². The van der Waals surface area contributed by atoms with E-state index in [0.29, 0.717) is 12.3 Å². The van der Waals surface area contributed by atoms with E-state index in [0.717, 1.165) is 29.6 Å². The molecule has 0 aliphatic heterocycles. The molecular weight excluding hydrogens is 258 g/mol. The van der Waals surface area contributed by atoms with Crippen molar-refractivity contribution in [3.05, 3.63) is 35.7 Å². The van der Waals surface area contributed by atoms with E-state index in [4.69, 9.17) is 5.73 Å². The number of benzene rings is 1. The first-order chi connectivity index (χ1) is 9.19. The van der Waals surface area contributed by atoms with Crippen LogP contribution in [0.1, 0.15) is 24.6 Å². The van der Waals surface area contributed by atoms with Gasteiger partial charge in [-0.1, -0.05) is 17.8 Å². The number of thioether (sulfide) groups is 1. The first kappa shape index (κ1) is 14.0. The van der Waals surface area contributed by atoms with Gasteiger partial charge in [0.15, 0.2) is 5.12 Å². The quantitative estimate of drug-likeness (QED) is 0.906. The maximum absolute atomic E-state index is 11.0. The van der Waals surface area contributed by atoms with E-state index in [1.807, 2.05) is 6.07 Å². The van der Waals surface area contributed by atoms with Crippen molar-refractivity contribution >= 4 is 27.9 Å². The van der Waals surface area contributed by atoms with Crippen molar-refractivity contribution in [1.29, 1.82) is 0 Å². The highest BCUT2D eigenvalue weighted by molar-refractivity contribution is 8.12. The highest BCUT2D eigenvalue weighted by Gasteiger charge is 2.03. The summed E-state index contributed by atoms with van der Waals surface area (Å²) in [5.41, 5.74) is 9.35. The van der Waals surface area contributed by atoms with Gasteiger partial charge in [0.25, 0.3) is 0 Å². The summed E-state index contributed by atoms with van der Waals surface area (Å²) in [6.45, 7) is 2.25. The minimum Gasteiger partial charge on any atom is -0.330 e. The van der Waals surface area contributed by atoms with Crippen molar-refractivity contribution in [1.82, 2.24) is 9.97 Å². The summed E-state index contributed by atoms with van der Waals surface area (Å²) in [7, 11) is 0. The lowest BCUT2D eigenvalue weighted by atomic mass is 10.1. The fourth-order valence-electron chi connectivity index (χ4n) is 1.80. The third kappa shape index (κ3) is 4.01. The fourth-order valence-corrected chi connectivity index (χ4v) is 2.29. The van der Waals surface area contributed by atoms with Crippen molar-refractivity contribution in [3.63, 3.8) is 0 Å². The van der Waals surface area contributed by atoms with Crippen molar-refractivity contribution < 1.29 is 4.79 Å². The smallest absolute Gasteiger partial charge is 0.186 e. The van der Waals surface area contributed by atoms with Gasteiger partial charge in [0, 0.05) is 18.9 Å². The van der Waals surface area contributed by atoms with Crippen LogP contribution in [0.2, 0.25) is 0 Å². The van der Waals surface area contributed by atoms with E-state index < -0.39 is 0 Å². The Kier molecular flexibility index (Phi) is 4.87. The molecule has 0 aliphatic rings. The van der Waals surface area contributed by atoms with E-state index in [9.17, 15) is 4.79 Å². The standard InChI is InChI=1S/C14H17N3OS/c1-10(18)19-9-12-8-16-13-5-4-11(3-2-6-15)7-14(13)17-12/h4-5,7-8H,2-3,6,9,15H2,1H3. The number of carbonyl (C=O) groups is 1. The third-order valence-corrected chi connectivity index (χ3v) is 3.60. The normalized spacial score (nSPS) is 10.8. The van der Waals surface area contributed by atoms with Crippen LogP contribution in [0, 0.1) is 0 Å². The molecule has 0 bridgehead atoms. The summed E-state index contributed by atoms with van der Waals surface area (Å²) in [4.78, 5) is 19.9. The molecule has 5 heteroatoms. The Bertz CT molecular complexity index is 586. The van der Waals surface area contributed by atoms with Crippen LogP contribution in [0.5, 0.6) is 0 Å². The maximum atomic E-state index is 11.0. The molecule has 1 aromatic carbocycles. The Morgan fingerprint density at radius 2 is 2.21 bits per heavy atom. The first-order valence-electron chi connectivity index (χ1n) is 6.27.